The number of rotatable bonds is 7. The van der Waals surface area contributed by atoms with E-state index >= 15 is 0 Å². The third kappa shape index (κ3) is 5.67. The van der Waals surface area contributed by atoms with Crippen molar-refractivity contribution < 1.29 is 19.2 Å². The maximum atomic E-state index is 12.2. The Kier molecular flexibility index (Phi) is 6.65. The molecule has 0 atom stereocenters. The molecule has 0 spiro atoms. The Hall–Kier alpha value is -3.68. The molecule has 0 aliphatic carbocycles. The van der Waals surface area contributed by atoms with Gasteiger partial charge in [-0.1, -0.05) is 18.2 Å². The topological polar surface area (TPSA) is 102 Å². The summed E-state index contributed by atoms with van der Waals surface area (Å²) in [6.07, 6.45) is 2.55. The number of nitrogens with zero attached hydrogens (tertiary/aromatic N) is 2. The predicted octanol–water partition coefficient (Wildman–Crippen LogP) is 2.71. The Morgan fingerprint density at radius 2 is 1.96 bits per heavy atom. The molecule has 2 amide bonds. The molecule has 0 heterocycles. The number of carbonyl (C=O) groups excluding carboxylic acids is 2. The largest absolute Gasteiger partial charge is 0.497 e. The second-order valence-electron chi connectivity index (χ2n) is 5.62. The molecule has 2 rings (SSSR count). The van der Waals surface area contributed by atoms with E-state index in [1.165, 1.54) is 43.3 Å². The number of hydrogen-bond acceptors (Lipinski definition) is 5. The summed E-state index contributed by atoms with van der Waals surface area (Å²) >= 11 is 0. The average Bonchev–Trinajstić information content (AvgIpc) is 2.66. The van der Waals surface area contributed by atoms with Crippen LogP contribution < -0.4 is 10.1 Å². The van der Waals surface area contributed by atoms with Crippen LogP contribution >= 0.6 is 0 Å². The minimum Gasteiger partial charge on any atom is -0.497 e. The molecule has 0 aliphatic heterocycles. The molecular weight excluding hydrogens is 350 g/mol. The summed E-state index contributed by atoms with van der Waals surface area (Å²) in [5, 5.41) is 13.7. The number of anilines is 1. The molecule has 8 heteroatoms. The van der Waals surface area contributed by atoms with Gasteiger partial charge in [0.2, 0.25) is 11.8 Å². The van der Waals surface area contributed by atoms with E-state index in [0.717, 1.165) is 0 Å². The number of ether oxygens (including phenoxy) is 1. The minimum absolute atomic E-state index is 0.0972. The van der Waals surface area contributed by atoms with Crippen LogP contribution in [0.4, 0.5) is 11.4 Å². The van der Waals surface area contributed by atoms with Gasteiger partial charge in [-0.3, -0.25) is 19.7 Å². The van der Waals surface area contributed by atoms with Gasteiger partial charge in [-0.25, -0.2) is 0 Å². The molecule has 2 aromatic rings. The second kappa shape index (κ2) is 9.14. The van der Waals surface area contributed by atoms with Crippen LogP contribution in [0.2, 0.25) is 0 Å². The van der Waals surface area contributed by atoms with Crippen molar-refractivity contribution >= 4 is 29.3 Å². The summed E-state index contributed by atoms with van der Waals surface area (Å²) < 4.78 is 5.08. The lowest BCUT2D eigenvalue weighted by molar-refractivity contribution is -0.385. The van der Waals surface area contributed by atoms with E-state index in [4.69, 9.17) is 4.74 Å². The van der Waals surface area contributed by atoms with E-state index in [-0.39, 0.29) is 18.1 Å². The Labute approximate surface area is 156 Å². The number of nitrogens with one attached hydrogen (secondary N) is 1. The number of benzene rings is 2. The molecule has 0 saturated carbocycles. The number of para-hydroxylation sites is 1. The van der Waals surface area contributed by atoms with E-state index in [9.17, 15) is 19.7 Å². The van der Waals surface area contributed by atoms with E-state index in [1.54, 1.807) is 36.4 Å². The van der Waals surface area contributed by atoms with Crippen LogP contribution in [0.5, 0.6) is 5.75 Å². The predicted molar refractivity (Wildman–Crippen MR) is 101 cm³/mol. The fraction of sp³-hybridized carbons (Fsp3) is 0.158. The Morgan fingerprint density at radius 1 is 1.22 bits per heavy atom. The van der Waals surface area contributed by atoms with Gasteiger partial charge in [-0.05, 0) is 24.3 Å². The molecule has 1 N–H and O–H groups in total. The van der Waals surface area contributed by atoms with Gasteiger partial charge in [-0.2, -0.15) is 0 Å². The first-order chi connectivity index (χ1) is 12.9. The minimum atomic E-state index is -0.518. The standard InChI is InChI=1S/C19H19N3O5/c1-21(13-18(23)20-15-7-5-8-16(12-15)27-2)19(24)11-10-14-6-3-4-9-17(14)22(25)26/h3-12H,13H2,1-2H3,(H,20,23)/b11-10+. The number of methoxy groups -OCH3 is 1. The summed E-state index contributed by atoms with van der Waals surface area (Å²) in [6, 6.07) is 12.9. The Morgan fingerprint density at radius 3 is 2.67 bits per heavy atom. The molecule has 0 unspecified atom stereocenters. The van der Waals surface area contributed by atoms with Crippen molar-refractivity contribution in [2.24, 2.45) is 0 Å². The third-order valence-corrected chi connectivity index (χ3v) is 3.65. The van der Waals surface area contributed by atoms with Crippen molar-refractivity contribution in [3.05, 3.63) is 70.3 Å². The number of hydrogen-bond donors (Lipinski definition) is 1. The van der Waals surface area contributed by atoms with Crippen LogP contribution in [-0.2, 0) is 9.59 Å². The van der Waals surface area contributed by atoms with E-state index in [0.29, 0.717) is 17.0 Å². The SMILES string of the molecule is COc1cccc(NC(=O)CN(C)C(=O)/C=C/c2ccccc2[N+](=O)[O-])c1. The molecular formula is C19H19N3O5. The molecule has 0 aromatic heterocycles. The number of nitro groups is 1. The fourth-order valence-corrected chi connectivity index (χ4v) is 2.28. The van der Waals surface area contributed by atoms with Crippen molar-refractivity contribution in [2.45, 2.75) is 0 Å². The quantitative estimate of drug-likeness (QED) is 0.459. The van der Waals surface area contributed by atoms with Gasteiger partial charge in [0.15, 0.2) is 0 Å². The van der Waals surface area contributed by atoms with Crippen molar-refractivity contribution in [1.82, 2.24) is 4.90 Å². The van der Waals surface area contributed by atoms with E-state index in [2.05, 4.69) is 5.32 Å². The lowest BCUT2D eigenvalue weighted by Gasteiger charge is -2.15. The normalized spacial score (nSPS) is 10.4. The second-order valence-corrected chi connectivity index (χ2v) is 5.62. The van der Waals surface area contributed by atoms with Crippen molar-refractivity contribution in [1.29, 1.82) is 0 Å². The highest BCUT2D eigenvalue weighted by Gasteiger charge is 2.13. The maximum Gasteiger partial charge on any atom is 0.276 e. The highest BCUT2D eigenvalue weighted by atomic mass is 16.6. The molecule has 0 saturated heterocycles. The zero-order valence-corrected chi connectivity index (χ0v) is 14.9. The molecule has 0 radical (unpaired) electrons. The summed E-state index contributed by atoms with van der Waals surface area (Å²) in [5.41, 5.74) is 0.765. The zero-order chi connectivity index (χ0) is 19.8. The monoisotopic (exact) mass is 369 g/mol. The summed E-state index contributed by atoms with van der Waals surface area (Å²) in [4.78, 5) is 35.9. The molecule has 0 aliphatic rings. The van der Waals surface area contributed by atoms with E-state index in [1.807, 2.05) is 0 Å². The van der Waals surface area contributed by atoms with Crippen LogP contribution in [0.1, 0.15) is 5.56 Å². The number of amides is 2. The van der Waals surface area contributed by atoms with Crippen LogP contribution in [0, 0.1) is 10.1 Å². The van der Waals surface area contributed by atoms with Gasteiger partial charge in [0, 0.05) is 30.9 Å². The van der Waals surface area contributed by atoms with Gasteiger partial charge in [-0.15, -0.1) is 0 Å². The lowest BCUT2D eigenvalue weighted by Crippen LogP contribution is -2.33. The highest BCUT2D eigenvalue weighted by molar-refractivity contribution is 5.98. The van der Waals surface area contributed by atoms with E-state index < -0.39 is 10.8 Å². The molecule has 2 aromatic carbocycles. The van der Waals surface area contributed by atoms with Gasteiger partial charge in [0.1, 0.15) is 5.75 Å². The molecule has 140 valence electrons. The average molecular weight is 369 g/mol. The summed E-state index contributed by atoms with van der Waals surface area (Å²) in [5.74, 6) is -0.225. The molecule has 0 bridgehead atoms. The van der Waals surface area contributed by atoms with Gasteiger partial charge in [0.05, 0.1) is 24.1 Å². The van der Waals surface area contributed by atoms with Gasteiger partial charge >= 0.3 is 0 Å². The third-order valence-electron chi connectivity index (χ3n) is 3.65. The fourth-order valence-electron chi connectivity index (χ4n) is 2.28. The van der Waals surface area contributed by atoms with Crippen molar-refractivity contribution in [3.8, 4) is 5.75 Å². The van der Waals surface area contributed by atoms with Crippen molar-refractivity contribution in [3.63, 3.8) is 0 Å². The summed E-state index contributed by atoms with van der Waals surface area (Å²) in [6.45, 7) is -0.169. The van der Waals surface area contributed by atoms with Crippen LogP contribution in [0.3, 0.4) is 0 Å². The zero-order valence-electron chi connectivity index (χ0n) is 14.9. The first-order valence-corrected chi connectivity index (χ1v) is 8.01. The van der Waals surface area contributed by atoms with Crippen LogP contribution in [0.15, 0.2) is 54.6 Å². The number of nitro benzene ring substituents is 1. The smallest absolute Gasteiger partial charge is 0.276 e. The Balaban J connectivity index is 1.97. The first-order valence-electron chi connectivity index (χ1n) is 8.01. The number of likely N-dealkylation sites (N-methyl/N-ethyl adjacent to an activating group) is 1. The Bertz CT molecular complexity index is 879. The maximum absolute atomic E-state index is 12.2. The molecule has 0 fully saturated rings. The molecule has 8 nitrogen and oxygen atoms in total. The number of carbonyl (C=O) groups is 2. The van der Waals surface area contributed by atoms with Gasteiger partial charge < -0.3 is 15.0 Å². The lowest BCUT2D eigenvalue weighted by atomic mass is 10.1. The molecule has 27 heavy (non-hydrogen) atoms. The highest BCUT2D eigenvalue weighted by Crippen LogP contribution is 2.19. The van der Waals surface area contributed by atoms with Crippen molar-refractivity contribution in [2.75, 3.05) is 26.0 Å². The summed E-state index contributed by atoms with van der Waals surface area (Å²) in [7, 11) is 2.99. The first kappa shape index (κ1) is 19.6. The van der Waals surface area contributed by atoms with Crippen LogP contribution in [-0.4, -0.2) is 42.3 Å². The van der Waals surface area contributed by atoms with Gasteiger partial charge in [0.25, 0.3) is 5.69 Å². The van der Waals surface area contributed by atoms with Crippen LogP contribution in [0.25, 0.3) is 6.08 Å².